The highest BCUT2D eigenvalue weighted by molar-refractivity contribution is 9.10. The molecule has 0 fully saturated rings. The number of benzene rings is 1. The van der Waals surface area contributed by atoms with Crippen molar-refractivity contribution in [3.05, 3.63) is 28.7 Å². The second-order valence-electron chi connectivity index (χ2n) is 4.07. The van der Waals surface area contributed by atoms with Gasteiger partial charge in [0.15, 0.2) is 0 Å². The minimum absolute atomic E-state index is 0.374. The minimum Gasteiger partial charge on any atom is -0.305 e. The molecule has 2 amide bonds. The molecule has 1 rings (SSSR count). The van der Waals surface area contributed by atoms with Crippen molar-refractivity contribution in [2.45, 2.75) is 20.3 Å². The van der Waals surface area contributed by atoms with Crippen LogP contribution in [0.4, 0.5) is 10.5 Å². The van der Waals surface area contributed by atoms with Gasteiger partial charge in [0.1, 0.15) is 0 Å². The van der Waals surface area contributed by atoms with Crippen LogP contribution < -0.4 is 10.8 Å². The Hall–Kier alpha value is -1.07. The van der Waals surface area contributed by atoms with Gasteiger partial charge in [-0.25, -0.2) is 10.3 Å². The lowest BCUT2D eigenvalue weighted by Gasteiger charge is -2.09. The summed E-state index contributed by atoms with van der Waals surface area (Å²) in [6.45, 7) is 4.72. The SMILES string of the molecule is CC(C)CCONC(=O)Nc1ccccc1Br. The molecule has 0 saturated carbocycles. The van der Waals surface area contributed by atoms with Crippen LogP contribution >= 0.6 is 15.9 Å². The van der Waals surface area contributed by atoms with E-state index in [4.69, 9.17) is 4.84 Å². The summed E-state index contributed by atoms with van der Waals surface area (Å²) in [5.41, 5.74) is 3.05. The van der Waals surface area contributed by atoms with Gasteiger partial charge in [-0.2, -0.15) is 0 Å². The molecule has 0 heterocycles. The zero-order valence-electron chi connectivity index (χ0n) is 10.00. The van der Waals surface area contributed by atoms with Gasteiger partial charge in [0.05, 0.1) is 12.3 Å². The van der Waals surface area contributed by atoms with E-state index >= 15 is 0 Å². The van der Waals surface area contributed by atoms with E-state index < -0.39 is 0 Å². The van der Waals surface area contributed by atoms with Crippen LogP contribution in [0.3, 0.4) is 0 Å². The summed E-state index contributed by atoms with van der Waals surface area (Å²) < 4.78 is 0.831. The van der Waals surface area contributed by atoms with Crippen molar-refractivity contribution in [2.75, 3.05) is 11.9 Å². The number of rotatable bonds is 5. The fourth-order valence-corrected chi connectivity index (χ4v) is 1.51. The largest absolute Gasteiger partial charge is 0.343 e. The number of para-hydroxylation sites is 1. The second kappa shape index (κ2) is 7.29. The van der Waals surface area contributed by atoms with Crippen molar-refractivity contribution in [3.63, 3.8) is 0 Å². The molecule has 0 aliphatic carbocycles. The Morgan fingerprint density at radius 3 is 2.76 bits per heavy atom. The number of hydrogen-bond donors (Lipinski definition) is 2. The molecule has 4 nitrogen and oxygen atoms in total. The molecule has 0 saturated heterocycles. The Morgan fingerprint density at radius 1 is 1.41 bits per heavy atom. The average Bonchev–Trinajstić information content (AvgIpc) is 2.27. The van der Waals surface area contributed by atoms with E-state index in [2.05, 4.69) is 40.6 Å². The van der Waals surface area contributed by atoms with Crippen molar-refractivity contribution < 1.29 is 9.63 Å². The molecule has 17 heavy (non-hydrogen) atoms. The summed E-state index contributed by atoms with van der Waals surface area (Å²) in [5.74, 6) is 0.558. The Labute approximate surface area is 110 Å². The second-order valence-corrected chi connectivity index (χ2v) is 4.92. The summed E-state index contributed by atoms with van der Waals surface area (Å²) in [6, 6.07) is 7.01. The van der Waals surface area contributed by atoms with Gasteiger partial charge < -0.3 is 5.32 Å². The predicted octanol–water partition coefficient (Wildman–Crippen LogP) is 3.55. The molecule has 0 unspecified atom stereocenters. The molecule has 0 bridgehead atoms. The molecular formula is C12H17BrN2O2. The predicted molar refractivity (Wildman–Crippen MR) is 71.7 cm³/mol. The Kier molecular flexibility index (Phi) is 6.00. The van der Waals surface area contributed by atoms with Crippen LogP contribution in [0, 0.1) is 5.92 Å². The molecule has 1 aromatic rings. The van der Waals surface area contributed by atoms with E-state index in [9.17, 15) is 4.79 Å². The van der Waals surface area contributed by atoms with Crippen LogP contribution in [-0.2, 0) is 4.84 Å². The van der Waals surface area contributed by atoms with Gasteiger partial charge >= 0.3 is 6.03 Å². The highest BCUT2D eigenvalue weighted by atomic mass is 79.9. The molecule has 94 valence electrons. The molecular weight excluding hydrogens is 284 g/mol. The van der Waals surface area contributed by atoms with Crippen LogP contribution in [0.5, 0.6) is 0 Å². The maximum atomic E-state index is 11.4. The lowest BCUT2D eigenvalue weighted by atomic mass is 10.1. The molecule has 0 aliphatic rings. The summed E-state index contributed by atoms with van der Waals surface area (Å²) in [7, 11) is 0. The third kappa shape index (κ3) is 5.70. The molecule has 5 heteroatoms. The molecule has 0 aromatic heterocycles. The van der Waals surface area contributed by atoms with Crippen molar-refractivity contribution >= 4 is 27.6 Å². The first kappa shape index (κ1) is 14.0. The van der Waals surface area contributed by atoms with Gasteiger partial charge in [0.2, 0.25) is 0 Å². The normalized spacial score (nSPS) is 10.4. The van der Waals surface area contributed by atoms with Crippen molar-refractivity contribution in [1.29, 1.82) is 0 Å². The Bertz CT molecular complexity index is 369. The van der Waals surface area contributed by atoms with Gasteiger partial charge in [-0.15, -0.1) is 0 Å². The number of amides is 2. The Balaban J connectivity index is 2.28. The summed E-state index contributed by atoms with van der Waals surface area (Å²) >= 11 is 3.34. The fourth-order valence-electron chi connectivity index (χ4n) is 1.12. The molecule has 0 spiro atoms. The van der Waals surface area contributed by atoms with E-state index in [-0.39, 0.29) is 6.03 Å². The van der Waals surface area contributed by atoms with E-state index in [1.54, 1.807) is 6.07 Å². The molecule has 2 N–H and O–H groups in total. The van der Waals surface area contributed by atoms with Crippen molar-refractivity contribution in [1.82, 2.24) is 5.48 Å². The lowest BCUT2D eigenvalue weighted by Crippen LogP contribution is -2.29. The quantitative estimate of drug-likeness (QED) is 0.645. The zero-order chi connectivity index (χ0) is 12.7. The topological polar surface area (TPSA) is 50.4 Å². The number of halogens is 1. The van der Waals surface area contributed by atoms with Gasteiger partial charge in [-0.3, -0.25) is 4.84 Å². The van der Waals surface area contributed by atoms with Gasteiger partial charge in [-0.05, 0) is 40.4 Å². The molecule has 0 radical (unpaired) electrons. The lowest BCUT2D eigenvalue weighted by molar-refractivity contribution is 0.0589. The fraction of sp³-hybridized carbons (Fsp3) is 0.417. The smallest absolute Gasteiger partial charge is 0.305 e. The third-order valence-electron chi connectivity index (χ3n) is 2.08. The third-order valence-corrected chi connectivity index (χ3v) is 2.78. The van der Waals surface area contributed by atoms with E-state index in [1.165, 1.54) is 0 Å². The standard InChI is InChI=1S/C12H17BrN2O2/c1-9(2)7-8-17-15-12(16)14-11-6-4-3-5-10(11)13/h3-6,9H,7-8H2,1-2H3,(H2,14,15,16). The van der Waals surface area contributed by atoms with E-state index in [0.29, 0.717) is 18.2 Å². The van der Waals surface area contributed by atoms with Crippen LogP contribution in [0.2, 0.25) is 0 Å². The van der Waals surface area contributed by atoms with Crippen LogP contribution in [-0.4, -0.2) is 12.6 Å². The number of hydroxylamine groups is 1. The summed E-state index contributed by atoms with van der Waals surface area (Å²) in [6.07, 6.45) is 0.912. The highest BCUT2D eigenvalue weighted by Crippen LogP contribution is 2.20. The van der Waals surface area contributed by atoms with Crippen molar-refractivity contribution in [3.8, 4) is 0 Å². The first-order valence-electron chi connectivity index (χ1n) is 5.53. The first-order valence-corrected chi connectivity index (χ1v) is 6.32. The molecule has 1 aromatic carbocycles. The highest BCUT2D eigenvalue weighted by Gasteiger charge is 2.04. The van der Waals surface area contributed by atoms with Crippen LogP contribution in [0.15, 0.2) is 28.7 Å². The number of nitrogens with one attached hydrogen (secondary N) is 2. The minimum atomic E-state index is -0.374. The van der Waals surface area contributed by atoms with Crippen LogP contribution in [0.25, 0.3) is 0 Å². The van der Waals surface area contributed by atoms with Gasteiger partial charge in [0.25, 0.3) is 0 Å². The number of carbonyl (C=O) groups is 1. The number of anilines is 1. The number of carbonyl (C=O) groups excluding carboxylic acids is 1. The maximum absolute atomic E-state index is 11.4. The summed E-state index contributed by atoms with van der Waals surface area (Å²) in [4.78, 5) is 16.5. The summed E-state index contributed by atoms with van der Waals surface area (Å²) in [5, 5.41) is 2.68. The monoisotopic (exact) mass is 300 g/mol. The molecule has 0 atom stereocenters. The first-order chi connectivity index (χ1) is 8.09. The maximum Gasteiger partial charge on any atom is 0.343 e. The van der Waals surface area contributed by atoms with E-state index in [0.717, 1.165) is 10.9 Å². The van der Waals surface area contributed by atoms with Crippen LogP contribution in [0.1, 0.15) is 20.3 Å². The number of urea groups is 1. The van der Waals surface area contributed by atoms with Gasteiger partial charge in [-0.1, -0.05) is 26.0 Å². The van der Waals surface area contributed by atoms with Gasteiger partial charge in [0, 0.05) is 4.47 Å². The van der Waals surface area contributed by atoms with Crippen molar-refractivity contribution in [2.24, 2.45) is 5.92 Å². The Morgan fingerprint density at radius 2 is 2.12 bits per heavy atom. The zero-order valence-corrected chi connectivity index (χ0v) is 11.6. The van der Waals surface area contributed by atoms with E-state index in [1.807, 2.05) is 18.2 Å². The molecule has 0 aliphatic heterocycles. The average molecular weight is 301 g/mol. The number of hydrogen-bond acceptors (Lipinski definition) is 2.